The second-order valence-electron chi connectivity index (χ2n) is 8.74. The number of nitrogens with zero attached hydrogens (tertiary/aromatic N) is 4. The maximum atomic E-state index is 4.82. The fraction of sp³-hybridized carbons (Fsp3) is 0.214. The maximum Gasteiger partial charge on any atom is 0.160 e. The highest BCUT2D eigenvalue weighted by atomic mass is 15.2. The third-order valence-electron chi connectivity index (χ3n) is 6.72. The molecule has 0 radical (unpaired) electrons. The van der Waals surface area contributed by atoms with E-state index < -0.39 is 0 Å². The third kappa shape index (κ3) is 3.57. The van der Waals surface area contributed by atoms with Crippen LogP contribution in [0.1, 0.15) is 24.4 Å². The first kappa shape index (κ1) is 19.2. The summed E-state index contributed by atoms with van der Waals surface area (Å²) >= 11 is 0. The van der Waals surface area contributed by atoms with Gasteiger partial charge in [-0.2, -0.15) is 0 Å². The number of rotatable bonds is 4. The number of aromatic nitrogens is 3. The zero-order chi connectivity index (χ0) is 21.3. The van der Waals surface area contributed by atoms with Crippen molar-refractivity contribution in [3.8, 4) is 11.1 Å². The van der Waals surface area contributed by atoms with Crippen molar-refractivity contribution < 1.29 is 0 Å². The molecular formula is C28H26N4. The number of likely N-dealkylation sites (tertiary alicyclic amines) is 1. The molecule has 0 unspecified atom stereocenters. The molecule has 0 atom stereocenters. The standard InChI is InChI=1S/C28H26N4/c1-2-6-21(7-3-1)19-31-16-13-25(14-17-31)32-20-30-27-26(12-15-29-28(27)32)24-11-10-22-8-4-5-9-23(22)18-24/h1-12,15,18,20,25H,13-14,16-17,19H2. The lowest BCUT2D eigenvalue weighted by Gasteiger charge is -2.32. The van der Waals surface area contributed by atoms with Gasteiger partial charge in [0.15, 0.2) is 5.65 Å². The smallest absolute Gasteiger partial charge is 0.160 e. The fourth-order valence-electron chi connectivity index (χ4n) is 4.99. The van der Waals surface area contributed by atoms with Crippen molar-refractivity contribution in [3.63, 3.8) is 0 Å². The summed E-state index contributed by atoms with van der Waals surface area (Å²) in [6, 6.07) is 28.4. The number of imidazole rings is 1. The molecule has 4 nitrogen and oxygen atoms in total. The van der Waals surface area contributed by atoms with E-state index in [0.717, 1.165) is 49.2 Å². The molecule has 0 N–H and O–H groups in total. The molecule has 0 saturated carbocycles. The lowest BCUT2D eigenvalue weighted by molar-refractivity contribution is 0.181. The predicted molar refractivity (Wildman–Crippen MR) is 130 cm³/mol. The molecule has 1 aliphatic rings. The summed E-state index contributed by atoms with van der Waals surface area (Å²) in [4.78, 5) is 12.1. The van der Waals surface area contributed by atoms with Crippen LogP contribution in [0, 0.1) is 0 Å². The molecule has 0 spiro atoms. The van der Waals surface area contributed by atoms with Gasteiger partial charge >= 0.3 is 0 Å². The minimum Gasteiger partial charge on any atom is -0.312 e. The van der Waals surface area contributed by atoms with E-state index in [9.17, 15) is 0 Å². The molecule has 2 aromatic heterocycles. The molecule has 0 bridgehead atoms. The zero-order valence-electron chi connectivity index (χ0n) is 18.1. The summed E-state index contributed by atoms with van der Waals surface area (Å²) in [5, 5.41) is 2.51. The number of hydrogen-bond donors (Lipinski definition) is 0. The lowest BCUT2D eigenvalue weighted by Crippen LogP contribution is -2.34. The largest absolute Gasteiger partial charge is 0.312 e. The van der Waals surface area contributed by atoms with Crippen molar-refractivity contribution in [2.75, 3.05) is 13.1 Å². The summed E-state index contributed by atoms with van der Waals surface area (Å²) in [6.45, 7) is 3.23. The van der Waals surface area contributed by atoms with Gasteiger partial charge in [-0.1, -0.05) is 66.7 Å². The second kappa shape index (κ2) is 8.21. The van der Waals surface area contributed by atoms with Gasteiger partial charge in [-0.3, -0.25) is 4.90 Å². The number of hydrogen-bond acceptors (Lipinski definition) is 3. The Labute approximate surface area is 188 Å². The van der Waals surface area contributed by atoms with E-state index in [1.165, 1.54) is 21.9 Å². The molecule has 1 saturated heterocycles. The molecule has 1 fully saturated rings. The highest BCUT2D eigenvalue weighted by molar-refractivity contribution is 5.94. The minimum atomic E-state index is 0.450. The molecule has 3 aromatic carbocycles. The van der Waals surface area contributed by atoms with Crippen molar-refractivity contribution in [1.29, 1.82) is 0 Å². The predicted octanol–water partition coefficient (Wildman–Crippen LogP) is 6.09. The van der Waals surface area contributed by atoms with Gasteiger partial charge in [0, 0.05) is 37.4 Å². The van der Waals surface area contributed by atoms with Crippen LogP contribution in [0.5, 0.6) is 0 Å². The molecule has 1 aliphatic heterocycles. The third-order valence-corrected chi connectivity index (χ3v) is 6.72. The Bertz CT molecular complexity index is 1360. The lowest BCUT2D eigenvalue weighted by atomic mass is 10.0. The van der Waals surface area contributed by atoms with Crippen LogP contribution in [0.25, 0.3) is 33.1 Å². The van der Waals surface area contributed by atoms with E-state index in [1.807, 2.05) is 12.5 Å². The van der Waals surface area contributed by atoms with Crippen molar-refractivity contribution >= 4 is 21.9 Å². The first-order valence-electron chi connectivity index (χ1n) is 11.4. The maximum absolute atomic E-state index is 4.82. The van der Waals surface area contributed by atoms with E-state index in [4.69, 9.17) is 9.97 Å². The van der Waals surface area contributed by atoms with Crippen LogP contribution >= 0.6 is 0 Å². The minimum absolute atomic E-state index is 0.450. The van der Waals surface area contributed by atoms with E-state index in [2.05, 4.69) is 88.3 Å². The van der Waals surface area contributed by atoms with Gasteiger partial charge in [-0.15, -0.1) is 0 Å². The monoisotopic (exact) mass is 418 g/mol. The molecule has 0 amide bonds. The van der Waals surface area contributed by atoms with Crippen LogP contribution in [0.3, 0.4) is 0 Å². The molecule has 4 heteroatoms. The Balaban J connectivity index is 1.25. The van der Waals surface area contributed by atoms with E-state index in [1.54, 1.807) is 0 Å². The first-order chi connectivity index (χ1) is 15.8. The van der Waals surface area contributed by atoms with Crippen LogP contribution in [0.4, 0.5) is 0 Å². The van der Waals surface area contributed by atoms with E-state index in [-0.39, 0.29) is 0 Å². The summed E-state index contributed by atoms with van der Waals surface area (Å²) in [6.07, 6.45) is 6.18. The normalized spacial score (nSPS) is 15.5. The highest BCUT2D eigenvalue weighted by Crippen LogP contribution is 2.32. The van der Waals surface area contributed by atoms with Gasteiger partial charge in [0.25, 0.3) is 0 Å². The zero-order valence-corrected chi connectivity index (χ0v) is 18.1. The summed E-state index contributed by atoms with van der Waals surface area (Å²) < 4.78 is 2.31. The van der Waals surface area contributed by atoms with E-state index >= 15 is 0 Å². The molecule has 3 heterocycles. The Morgan fingerprint density at radius 3 is 2.41 bits per heavy atom. The summed E-state index contributed by atoms with van der Waals surface area (Å²) in [5.74, 6) is 0. The molecule has 6 rings (SSSR count). The SMILES string of the molecule is c1ccc(CN2CCC(n3cnc4c(-c5ccc6ccccc6c5)ccnc43)CC2)cc1. The number of pyridine rings is 1. The fourth-order valence-corrected chi connectivity index (χ4v) is 4.99. The van der Waals surface area contributed by atoms with Gasteiger partial charge in [0.05, 0.1) is 6.33 Å². The molecule has 0 aliphatic carbocycles. The molecule has 32 heavy (non-hydrogen) atoms. The Morgan fingerprint density at radius 2 is 1.56 bits per heavy atom. The van der Waals surface area contributed by atoms with Gasteiger partial charge in [-0.05, 0) is 46.9 Å². The van der Waals surface area contributed by atoms with Gasteiger partial charge in [-0.25, -0.2) is 9.97 Å². The average molecular weight is 419 g/mol. The van der Waals surface area contributed by atoms with Gasteiger partial charge < -0.3 is 4.57 Å². The van der Waals surface area contributed by atoms with Crippen LogP contribution in [0.15, 0.2) is 91.4 Å². The van der Waals surface area contributed by atoms with Crippen LogP contribution in [-0.2, 0) is 6.54 Å². The second-order valence-corrected chi connectivity index (χ2v) is 8.74. The molecule has 158 valence electrons. The van der Waals surface area contributed by atoms with Crippen molar-refractivity contribution in [2.24, 2.45) is 0 Å². The summed E-state index contributed by atoms with van der Waals surface area (Å²) in [5.41, 5.74) is 5.73. The van der Waals surface area contributed by atoms with Crippen LogP contribution in [0.2, 0.25) is 0 Å². The van der Waals surface area contributed by atoms with Crippen LogP contribution in [-0.4, -0.2) is 32.5 Å². The molecule has 5 aromatic rings. The number of benzene rings is 3. The summed E-state index contributed by atoms with van der Waals surface area (Å²) in [7, 11) is 0. The van der Waals surface area contributed by atoms with E-state index in [0.29, 0.717) is 6.04 Å². The number of piperidine rings is 1. The Hall–Kier alpha value is -3.50. The quantitative estimate of drug-likeness (QED) is 0.354. The van der Waals surface area contributed by atoms with Crippen molar-refractivity contribution in [1.82, 2.24) is 19.4 Å². The van der Waals surface area contributed by atoms with Crippen molar-refractivity contribution in [3.05, 3.63) is 97.0 Å². The van der Waals surface area contributed by atoms with Gasteiger partial charge in [0.1, 0.15) is 5.52 Å². The van der Waals surface area contributed by atoms with Crippen molar-refractivity contribution in [2.45, 2.75) is 25.4 Å². The first-order valence-corrected chi connectivity index (χ1v) is 11.4. The highest BCUT2D eigenvalue weighted by Gasteiger charge is 2.23. The average Bonchev–Trinajstić information content (AvgIpc) is 3.29. The van der Waals surface area contributed by atoms with Crippen LogP contribution < -0.4 is 0 Å². The number of fused-ring (bicyclic) bond motifs is 2. The Kier molecular flexibility index (Phi) is 4.93. The molecular weight excluding hydrogens is 392 g/mol. The topological polar surface area (TPSA) is 34.0 Å². The Morgan fingerprint density at radius 1 is 0.781 bits per heavy atom. The van der Waals surface area contributed by atoms with Gasteiger partial charge in [0.2, 0.25) is 0 Å².